The maximum Gasteiger partial charge on any atom is 0.148 e. The lowest BCUT2D eigenvalue weighted by Gasteiger charge is -2.09. The summed E-state index contributed by atoms with van der Waals surface area (Å²) in [5.74, 6) is 5.12. The number of nitrogens with zero attached hydrogens (tertiary/aromatic N) is 1. The van der Waals surface area contributed by atoms with Crippen molar-refractivity contribution in [2.75, 3.05) is 0 Å². The third-order valence-electron chi connectivity index (χ3n) is 1.72. The van der Waals surface area contributed by atoms with E-state index in [9.17, 15) is 4.79 Å². The van der Waals surface area contributed by atoms with Crippen LogP contribution >= 0.6 is 34.2 Å². The Morgan fingerprint density at radius 2 is 2.40 bits per heavy atom. The molecule has 3 N–H and O–H groups in total. The van der Waals surface area contributed by atoms with Crippen molar-refractivity contribution in [1.29, 1.82) is 0 Å². The minimum Gasteiger partial charge on any atom is -0.331 e. The molecule has 0 amide bonds. The zero-order chi connectivity index (χ0) is 11.3. The van der Waals surface area contributed by atoms with Gasteiger partial charge in [0, 0.05) is 18.0 Å². The lowest BCUT2D eigenvalue weighted by atomic mass is 10.1. The summed E-state index contributed by atoms with van der Waals surface area (Å²) < 4.78 is -0.0964. The first-order valence-electron chi connectivity index (χ1n) is 4.06. The highest BCUT2D eigenvalue weighted by Crippen LogP contribution is 2.29. The maximum absolute atomic E-state index is 10.8. The van der Waals surface area contributed by atoms with Gasteiger partial charge in [-0.1, -0.05) is 40.3 Å². The van der Waals surface area contributed by atoms with Crippen LogP contribution in [0.5, 0.6) is 0 Å². The van der Waals surface area contributed by atoms with E-state index < -0.39 is 0 Å². The Hall–Kier alpha value is -0.660. The first-order chi connectivity index (χ1) is 7.19. The summed E-state index contributed by atoms with van der Waals surface area (Å²) in [6.07, 6.45) is 3.84. The topological polar surface area (TPSA) is 68.0 Å². The number of aromatic nitrogens is 1. The fourth-order valence-electron chi connectivity index (χ4n) is 0.993. The van der Waals surface area contributed by atoms with E-state index in [-0.39, 0.29) is 3.92 Å². The van der Waals surface area contributed by atoms with E-state index in [2.05, 4.69) is 33.0 Å². The Morgan fingerprint density at radius 3 is 2.87 bits per heavy atom. The lowest BCUT2D eigenvalue weighted by Crippen LogP contribution is -2.15. The minimum atomic E-state index is -0.0964. The van der Waals surface area contributed by atoms with Gasteiger partial charge in [-0.05, 0) is 11.6 Å². The van der Waals surface area contributed by atoms with Crippen LogP contribution in [0.15, 0.2) is 30.1 Å². The number of allylic oxidation sites excluding steroid dienone is 1. The molecule has 80 valence electrons. The number of alkyl halides is 1. The highest BCUT2D eigenvalue weighted by Gasteiger charge is 2.12. The van der Waals surface area contributed by atoms with Gasteiger partial charge in [-0.3, -0.25) is 10.6 Å². The second-order valence-electron chi connectivity index (χ2n) is 2.71. The molecule has 0 aliphatic carbocycles. The smallest absolute Gasteiger partial charge is 0.148 e. The number of nitrogens with two attached hydrogens (primary N) is 1. The van der Waals surface area contributed by atoms with Gasteiger partial charge in [-0.25, -0.2) is 4.98 Å². The number of nitrogens with one attached hydrogen (secondary N) is 1. The van der Waals surface area contributed by atoms with E-state index in [4.69, 9.17) is 17.4 Å². The first kappa shape index (κ1) is 12.4. The van der Waals surface area contributed by atoms with Gasteiger partial charge in [0.1, 0.15) is 11.4 Å². The van der Waals surface area contributed by atoms with E-state index >= 15 is 0 Å². The lowest BCUT2D eigenvalue weighted by molar-refractivity contribution is -0.105. The van der Waals surface area contributed by atoms with E-state index in [0.717, 1.165) is 11.8 Å². The van der Waals surface area contributed by atoms with E-state index in [0.29, 0.717) is 10.7 Å². The average Bonchev–Trinajstić information content (AvgIpc) is 2.26. The summed E-state index contributed by atoms with van der Waals surface area (Å²) in [7, 11) is 0. The second kappa shape index (κ2) is 6.04. The van der Waals surface area contributed by atoms with Gasteiger partial charge < -0.3 is 5.43 Å². The van der Waals surface area contributed by atoms with Crippen molar-refractivity contribution in [1.82, 2.24) is 10.4 Å². The Labute approximate surface area is 106 Å². The number of pyridine rings is 1. The fourth-order valence-corrected chi connectivity index (χ4v) is 1.80. The van der Waals surface area contributed by atoms with E-state index in [1.165, 1.54) is 6.20 Å². The molecular weight excluding hydrogens is 328 g/mol. The van der Waals surface area contributed by atoms with Gasteiger partial charge in [-0.15, -0.1) is 0 Å². The van der Waals surface area contributed by atoms with Crippen molar-refractivity contribution in [2.45, 2.75) is 3.92 Å². The molecule has 0 saturated carbocycles. The van der Waals surface area contributed by atoms with Crippen molar-refractivity contribution in [2.24, 2.45) is 5.84 Å². The zero-order valence-electron chi connectivity index (χ0n) is 7.65. The summed E-state index contributed by atoms with van der Waals surface area (Å²) in [6, 6.07) is 3.50. The Morgan fingerprint density at radius 1 is 1.67 bits per heavy atom. The fraction of sp³-hybridized carbons (Fsp3) is 0.111. The van der Waals surface area contributed by atoms with Gasteiger partial charge in [0.2, 0.25) is 0 Å². The van der Waals surface area contributed by atoms with Crippen LogP contribution < -0.4 is 11.3 Å². The van der Waals surface area contributed by atoms with Gasteiger partial charge in [0.15, 0.2) is 0 Å². The monoisotopic (exact) mass is 337 g/mol. The van der Waals surface area contributed by atoms with Gasteiger partial charge in [0.05, 0.1) is 3.92 Å². The van der Waals surface area contributed by atoms with Crippen LogP contribution in [0.1, 0.15) is 9.49 Å². The molecule has 1 heterocycles. The van der Waals surface area contributed by atoms with Crippen LogP contribution in [-0.2, 0) is 4.79 Å². The molecule has 1 atom stereocenters. The number of carbonyl (C=O) groups excluding carboxylic acids is 1. The molecule has 0 spiro atoms. The van der Waals surface area contributed by atoms with Crippen LogP contribution in [0.4, 0.5) is 0 Å². The first-order valence-corrected chi connectivity index (χ1v) is 5.68. The molecule has 1 aromatic rings. The van der Waals surface area contributed by atoms with Crippen LogP contribution in [0.25, 0.3) is 0 Å². The Kier molecular flexibility index (Phi) is 5.00. The summed E-state index contributed by atoms with van der Waals surface area (Å²) in [4.78, 5) is 14.7. The number of hydrazine groups is 1. The zero-order valence-corrected chi connectivity index (χ0v) is 10.6. The summed E-state index contributed by atoms with van der Waals surface area (Å²) in [5.41, 5.74) is 3.78. The molecule has 0 aliphatic rings. The number of halogens is 2. The van der Waals surface area contributed by atoms with Crippen LogP contribution in [-0.4, -0.2) is 11.3 Å². The number of hydrogen-bond acceptors (Lipinski definition) is 4. The number of aldehydes is 1. The molecule has 1 aromatic heterocycles. The SMILES string of the molecule is NN/C=C(/C=O)C(I)c1ccc(Cl)nc1. The predicted octanol–water partition coefficient (Wildman–Crippen LogP) is 1.76. The van der Waals surface area contributed by atoms with Crippen molar-refractivity contribution in [3.8, 4) is 0 Å². The molecule has 0 saturated heterocycles. The van der Waals surface area contributed by atoms with E-state index in [1.54, 1.807) is 12.3 Å². The molecular formula is C9H9ClIN3O. The standard InChI is InChI=1S/C9H9ClIN3O/c10-8-2-1-6(3-13-8)9(11)7(5-15)4-14-12/h1-5,9,14H,12H2/b7-4-. The van der Waals surface area contributed by atoms with Crippen LogP contribution in [0.3, 0.4) is 0 Å². The molecule has 0 radical (unpaired) electrons. The van der Waals surface area contributed by atoms with Gasteiger partial charge >= 0.3 is 0 Å². The van der Waals surface area contributed by atoms with Crippen molar-refractivity contribution >= 4 is 40.5 Å². The summed E-state index contributed by atoms with van der Waals surface area (Å²) in [5, 5.41) is 0.427. The molecule has 6 heteroatoms. The highest BCUT2D eigenvalue weighted by atomic mass is 127. The van der Waals surface area contributed by atoms with Gasteiger partial charge in [0.25, 0.3) is 0 Å². The number of carbonyl (C=O) groups is 1. The summed E-state index contributed by atoms with van der Waals surface area (Å²) in [6.45, 7) is 0. The van der Waals surface area contributed by atoms with Crippen molar-refractivity contribution in [3.05, 3.63) is 40.8 Å². The van der Waals surface area contributed by atoms with E-state index in [1.807, 2.05) is 6.07 Å². The number of rotatable bonds is 4. The number of hydrogen-bond donors (Lipinski definition) is 2. The third kappa shape index (κ3) is 3.44. The Balaban J connectivity index is 2.92. The quantitative estimate of drug-likeness (QED) is 0.167. The summed E-state index contributed by atoms with van der Waals surface area (Å²) >= 11 is 7.79. The third-order valence-corrected chi connectivity index (χ3v) is 3.38. The predicted molar refractivity (Wildman–Crippen MR) is 67.5 cm³/mol. The minimum absolute atomic E-state index is 0.0964. The molecule has 0 aromatic carbocycles. The maximum atomic E-state index is 10.8. The molecule has 1 rings (SSSR count). The molecule has 15 heavy (non-hydrogen) atoms. The average molecular weight is 338 g/mol. The Bertz CT molecular complexity index is 366. The van der Waals surface area contributed by atoms with Crippen molar-refractivity contribution in [3.63, 3.8) is 0 Å². The second-order valence-corrected chi connectivity index (χ2v) is 4.34. The highest BCUT2D eigenvalue weighted by molar-refractivity contribution is 14.1. The van der Waals surface area contributed by atoms with Gasteiger partial charge in [-0.2, -0.15) is 0 Å². The van der Waals surface area contributed by atoms with Crippen LogP contribution in [0, 0.1) is 0 Å². The molecule has 0 fully saturated rings. The molecule has 0 aliphatic heterocycles. The van der Waals surface area contributed by atoms with Crippen molar-refractivity contribution < 1.29 is 4.79 Å². The van der Waals surface area contributed by atoms with Crippen LogP contribution in [0.2, 0.25) is 5.15 Å². The normalized spacial score (nSPS) is 13.4. The molecule has 4 nitrogen and oxygen atoms in total. The molecule has 0 bridgehead atoms. The molecule has 1 unspecified atom stereocenters. The largest absolute Gasteiger partial charge is 0.331 e.